The van der Waals surface area contributed by atoms with E-state index < -0.39 is 5.41 Å². The fourth-order valence-electron chi connectivity index (χ4n) is 5.90. The highest BCUT2D eigenvalue weighted by atomic mass is 16.5. The number of ether oxygens (including phenoxy) is 3. The van der Waals surface area contributed by atoms with Gasteiger partial charge in [-0.3, -0.25) is 0 Å². The molecule has 6 rings (SSSR count). The molecule has 0 bridgehead atoms. The molecule has 0 unspecified atom stereocenters. The SMILES string of the molecule is C=Cc1ccc(COc2ccc(C(C)(c3ccc(OCc4ccc(C=C)cc4)cc3)c3ccc(OCc4ccc(C=C)cc4)cc3)cc2)cc1. The molecule has 0 aromatic heterocycles. The van der Waals surface area contributed by atoms with Crippen LogP contribution in [0, 0.1) is 0 Å². The Morgan fingerprint density at radius 3 is 0.840 bits per heavy atom. The topological polar surface area (TPSA) is 27.7 Å². The number of hydrogen-bond donors (Lipinski definition) is 0. The molecule has 0 aliphatic heterocycles. The summed E-state index contributed by atoms with van der Waals surface area (Å²) in [6, 6.07) is 50.0. The second-order valence-corrected chi connectivity index (χ2v) is 12.4. The van der Waals surface area contributed by atoms with E-state index in [1.54, 1.807) is 0 Å². The average molecular weight is 655 g/mol. The van der Waals surface area contributed by atoms with E-state index >= 15 is 0 Å². The van der Waals surface area contributed by atoms with Gasteiger partial charge in [0.1, 0.15) is 37.1 Å². The maximum Gasteiger partial charge on any atom is 0.119 e. The lowest BCUT2D eigenvalue weighted by Gasteiger charge is -2.32. The van der Waals surface area contributed by atoms with Gasteiger partial charge in [-0.05, 0) is 93.4 Å². The van der Waals surface area contributed by atoms with Gasteiger partial charge in [0.15, 0.2) is 0 Å². The normalized spacial score (nSPS) is 11.0. The van der Waals surface area contributed by atoms with Gasteiger partial charge >= 0.3 is 0 Å². The zero-order valence-electron chi connectivity index (χ0n) is 28.6. The number of hydrogen-bond acceptors (Lipinski definition) is 3. The lowest BCUT2D eigenvalue weighted by Crippen LogP contribution is -2.25. The second kappa shape index (κ2) is 15.9. The molecule has 0 atom stereocenters. The fraction of sp³-hybridized carbons (Fsp3) is 0.106. The minimum atomic E-state index is -0.461. The van der Waals surface area contributed by atoms with E-state index in [0.717, 1.165) is 67.3 Å². The van der Waals surface area contributed by atoms with Gasteiger partial charge in [0, 0.05) is 5.41 Å². The number of benzene rings is 6. The summed E-state index contributed by atoms with van der Waals surface area (Å²) in [6.45, 7) is 15.2. The highest BCUT2D eigenvalue weighted by Gasteiger charge is 2.31. The van der Waals surface area contributed by atoms with Crippen molar-refractivity contribution in [3.63, 3.8) is 0 Å². The van der Waals surface area contributed by atoms with Crippen LogP contribution in [0.2, 0.25) is 0 Å². The summed E-state index contributed by atoms with van der Waals surface area (Å²) in [6.07, 6.45) is 5.53. The average Bonchev–Trinajstić information content (AvgIpc) is 3.19. The van der Waals surface area contributed by atoms with Crippen LogP contribution in [-0.4, -0.2) is 0 Å². The molecule has 0 heterocycles. The Morgan fingerprint density at radius 1 is 0.380 bits per heavy atom. The van der Waals surface area contributed by atoms with Crippen molar-refractivity contribution in [3.8, 4) is 17.2 Å². The fourth-order valence-corrected chi connectivity index (χ4v) is 5.90. The second-order valence-electron chi connectivity index (χ2n) is 12.4. The molecule has 0 saturated carbocycles. The summed E-state index contributed by atoms with van der Waals surface area (Å²) in [5.41, 5.74) is 9.57. The maximum atomic E-state index is 6.16. The van der Waals surface area contributed by atoms with Crippen molar-refractivity contribution in [3.05, 3.63) is 215 Å². The molecule has 3 heteroatoms. The van der Waals surface area contributed by atoms with E-state index in [2.05, 4.69) is 136 Å². The zero-order chi connectivity index (χ0) is 34.8. The van der Waals surface area contributed by atoms with Crippen LogP contribution in [0.1, 0.15) is 57.0 Å². The van der Waals surface area contributed by atoms with Gasteiger partial charge < -0.3 is 14.2 Å². The van der Waals surface area contributed by atoms with Crippen LogP contribution < -0.4 is 14.2 Å². The number of rotatable bonds is 15. The van der Waals surface area contributed by atoms with Crippen LogP contribution >= 0.6 is 0 Å². The van der Waals surface area contributed by atoms with Gasteiger partial charge in [0.25, 0.3) is 0 Å². The first kappa shape index (κ1) is 33.8. The van der Waals surface area contributed by atoms with Crippen molar-refractivity contribution in [2.45, 2.75) is 32.2 Å². The van der Waals surface area contributed by atoms with Gasteiger partial charge in [-0.2, -0.15) is 0 Å². The summed E-state index contributed by atoms with van der Waals surface area (Å²) in [4.78, 5) is 0. The quantitative estimate of drug-likeness (QED) is 0.103. The Hall–Kier alpha value is -6.06. The molecule has 0 aliphatic carbocycles. The van der Waals surface area contributed by atoms with E-state index in [1.165, 1.54) is 0 Å². The molecule has 0 amide bonds. The van der Waals surface area contributed by atoms with Crippen LogP contribution in [0.25, 0.3) is 18.2 Å². The Kier molecular flexibility index (Phi) is 10.8. The molecule has 6 aromatic rings. The van der Waals surface area contributed by atoms with Gasteiger partial charge in [-0.15, -0.1) is 0 Å². The van der Waals surface area contributed by atoms with Crippen LogP contribution in [-0.2, 0) is 25.2 Å². The van der Waals surface area contributed by atoms with Crippen LogP contribution in [0.5, 0.6) is 17.2 Å². The van der Waals surface area contributed by atoms with Gasteiger partial charge in [-0.25, -0.2) is 0 Å². The molecule has 0 aliphatic rings. The van der Waals surface area contributed by atoms with E-state index in [0.29, 0.717) is 19.8 Å². The first-order valence-corrected chi connectivity index (χ1v) is 16.8. The lowest BCUT2D eigenvalue weighted by atomic mass is 9.71. The predicted octanol–water partition coefficient (Wildman–Crippen LogP) is 11.7. The van der Waals surface area contributed by atoms with Crippen LogP contribution in [0.3, 0.4) is 0 Å². The smallest absolute Gasteiger partial charge is 0.119 e. The third-order valence-corrected chi connectivity index (χ3v) is 9.16. The molecule has 6 aromatic carbocycles. The van der Waals surface area contributed by atoms with Crippen LogP contribution in [0.4, 0.5) is 0 Å². The molecule has 0 N–H and O–H groups in total. The third-order valence-electron chi connectivity index (χ3n) is 9.16. The van der Waals surface area contributed by atoms with E-state index in [-0.39, 0.29) is 0 Å². The van der Waals surface area contributed by atoms with Crippen LogP contribution in [0.15, 0.2) is 165 Å². The zero-order valence-corrected chi connectivity index (χ0v) is 28.6. The van der Waals surface area contributed by atoms with Gasteiger partial charge in [0.05, 0.1) is 0 Å². The maximum absolute atomic E-state index is 6.16. The Morgan fingerprint density at radius 2 is 0.620 bits per heavy atom. The first-order chi connectivity index (χ1) is 24.5. The van der Waals surface area contributed by atoms with Crippen molar-refractivity contribution >= 4 is 18.2 Å². The van der Waals surface area contributed by atoms with Crippen molar-refractivity contribution in [1.82, 2.24) is 0 Å². The van der Waals surface area contributed by atoms with E-state index in [1.807, 2.05) is 54.6 Å². The molecular formula is C47H42O3. The van der Waals surface area contributed by atoms with E-state index in [4.69, 9.17) is 14.2 Å². The Bertz CT molecular complexity index is 1760. The summed E-state index contributed by atoms with van der Waals surface area (Å²) in [7, 11) is 0. The molecule has 0 saturated heterocycles. The van der Waals surface area contributed by atoms with Crippen molar-refractivity contribution < 1.29 is 14.2 Å². The summed E-state index contributed by atoms with van der Waals surface area (Å²) in [5.74, 6) is 2.45. The molecule has 248 valence electrons. The highest BCUT2D eigenvalue weighted by molar-refractivity contribution is 5.53. The Balaban J connectivity index is 1.22. The van der Waals surface area contributed by atoms with E-state index in [9.17, 15) is 0 Å². The van der Waals surface area contributed by atoms with Gasteiger partial charge in [0.2, 0.25) is 0 Å². The standard InChI is InChI=1S/C47H42O3/c1-5-35-8-14-38(15-9-35)32-48-44-26-20-41(21-27-44)47(4,42-22-28-45(29-23-42)49-33-39-16-10-36(6-2)11-17-39)43-24-30-46(31-25-43)50-34-40-18-12-37(7-3)13-19-40/h5-31H,1-3,32-34H2,4H3. The summed E-state index contributed by atoms with van der Waals surface area (Å²) < 4.78 is 18.5. The minimum Gasteiger partial charge on any atom is -0.489 e. The molecule has 0 radical (unpaired) electrons. The summed E-state index contributed by atoms with van der Waals surface area (Å²) in [5, 5.41) is 0. The van der Waals surface area contributed by atoms with Gasteiger partial charge in [-0.1, -0.05) is 147 Å². The largest absolute Gasteiger partial charge is 0.489 e. The monoisotopic (exact) mass is 654 g/mol. The molecular weight excluding hydrogens is 613 g/mol. The minimum absolute atomic E-state index is 0.461. The van der Waals surface area contributed by atoms with Crippen molar-refractivity contribution in [1.29, 1.82) is 0 Å². The van der Waals surface area contributed by atoms with Crippen molar-refractivity contribution in [2.24, 2.45) is 0 Å². The molecule has 0 fully saturated rings. The third kappa shape index (κ3) is 8.14. The lowest BCUT2D eigenvalue weighted by molar-refractivity contribution is 0.306. The molecule has 3 nitrogen and oxygen atoms in total. The first-order valence-electron chi connectivity index (χ1n) is 16.8. The Labute approximate surface area is 296 Å². The predicted molar refractivity (Wildman–Crippen MR) is 207 cm³/mol. The molecule has 0 spiro atoms. The van der Waals surface area contributed by atoms with Crippen molar-refractivity contribution in [2.75, 3.05) is 0 Å². The highest BCUT2D eigenvalue weighted by Crippen LogP contribution is 2.40. The molecule has 50 heavy (non-hydrogen) atoms. The summed E-state index contributed by atoms with van der Waals surface area (Å²) >= 11 is 0.